The molecular weight excluding hydrogens is 220 g/mol. The van der Waals surface area contributed by atoms with Crippen molar-refractivity contribution in [1.29, 1.82) is 0 Å². The number of hydrogen-bond acceptors (Lipinski definition) is 1. The molecule has 2 aromatic carbocycles. The van der Waals surface area contributed by atoms with Crippen LogP contribution in [-0.4, -0.2) is 5.11 Å². The highest BCUT2D eigenvalue weighted by Gasteiger charge is 1.96. The second-order valence-electron chi connectivity index (χ2n) is 4.12. The minimum atomic E-state index is 0.291. The van der Waals surface area contributed by atoms with Crippen molar-refractivity contribution in [2.24, 2.45) is 0 Å². The van der Waals surface area contributed by atoms with E-state index in [1.54, 1.807) is 12.1 Å². The van der Waals surface area contributed by atoms with Crippen molar-refractivity contribution in [3.63, 3.8) is 0 Å². The van der Waals surface area contributed by atoms with Gasteiger partial charge in [-0.25, -0.2) is 0 Å². The fraction of sp³-hybridized carbons (Fsp3) is 0.0588. The third-order valence-electron chi connectivity index (χ3n) is 2.77. The first-order valence-electron chi connectivity index (χ1n) is 5.95. The molecule has 0 radical (unpaired) electrons. The van der Waals surface area contributed by atoms with Crippen LogP contribution in [0.15, 0.2) is 61.2 Å². The standard InChI is InChI=1S/C17H16O/c1-2-5-15-6-3-4-7-16(15)11-8-14-9-12-17(18)13-10-14/h2-4,6-13,18H,1,5H2. The van der Waals surface area contributed by atoms with Gasteiger partial charge in [-0.2, -0.15) is 0 Å². The van der Waals surface area contributed by atoms with Crippen LogP contribution in [0.25, 0.3) is 12.2 Å². The predicted molar refractivity (Wildman–Crippen MR) is 77.4 cm³/mol. The molecule has 0 aliphatic heterocycles. The number of benzene rings is 2. The molecule has 1 nitrogen and oxygen atoms in total. The van der Waals surface area contributed by atoms with Gasteiger partial charge in [0.25, 0.3) is 0 Å². The SMILES string of the molecule is C=CCc1ccccc1C=Cc1ccc(O)cc1. The molecule has 18 heavy (non-hydrogen) atoms. The average Bonchev–Trinajstić information content (AvgIpc) is 2.40. The van der Waals surface area contributed by atoms with E-state index < -0.39 is 0 Å². The Morgan fingerprint density at radius 3 is 2.39 bits per heavy atom. The van der Waals surface area contributed by atoms with Crippen molar-refractivity contribution in [2.75, 3.05) is 0 Å². The maximum atomic E-state index is 9.22. The van der Waals surface area contributed by atoms with E-state index in [4.69, 9.17) is 0 Å². The lowest BCUT2D eigenvalue weighted by Gasteiger charge is -2.02. The van der Waals surface area contributed by atoms with Crippen LogP contribution >= 0.6 is 0 Å². The van der Waals surface area contributed by atoms with Crippen molar-refractivity contribution in [2.45, 2.75) is 6.42 Å². The fourth-order valence-corrected chi connectivity index (χ4v) is 1.81. The van der Waals surface area contributed by atoms with Crippen LogP contribution in [0.1, 0.15) is 16.7 Å². The van der Waals surface area contributed by atoms with Crippen LogP contribution in [0.4, 0.5) is 0 Å². The zero-order valence-corrected chi connectivity index (χ0v) is 10.2. The average molecular weight is 236 g/mol. The molecule has 0 unspecified atom stereocenters. The Morgan fingerprint density at radius 1 is 0.944 bits per heavy atom. The summed E-state index contributed by atoms with van der Waals surface area (Å²) in [6, 6.07) is 15.4. The van der Waals surface area contributed by atoms with Gasteiger partial charge in [0.15, 0.2) is 0 Å². The molecule has 1 N–H and O–H groups in total. The summed E-state index contributed by atoms with van der Waals surface area (Å²) >= 11 is 0. The highest BCUT2D eigenvalue weighted by atomic mass is 16.3. The van der Waals surface area contributed by atoms with Crippen LogP contribution in [0.2, 0.25) is 0 Å². The molecule has 0 aliphatic rings. The summed E-state index contributed by atoms with van der Waals surface area (Å²) in [5, 5.41) is 9.22. The van der Waals surface area contributed by atoms with E-state index in [-0.39, 0.29) is 0 Å². The number of hydrogen-bond donors (Lipinski definition) is 1. The fourth-order valence-electron chi connectivity index (χ4n) is 1.81. The Hall–Kier alpha value is -2.28. The summed E-state index contributed by atoms with van der Waals surface area (Å²) in [6.07, 6.45) is 6.91. The van der Waals surface area contributed by atoms with Crippen LogP contribution in [0.5, 0.6) is 5.75 Å². The van der Waals surface area contributed by atoms with Crippen LogP contribution < -0.4 is 0 Å². The lowest BCUT2D eigenvalue weighted by molar-refractivity contribution is 0.475. The molecule has 0 bridgehead atoms. The molecule has 2 rings (SSSR count). The quantitative estimate of drug-likeness (QED) is 0.620. The van der Waals surface area contributed by atoms with Crippen molar-refractivity contribution in [1.82, 2.24) is 0 Å². The Labute approximate surface area is 108 Å². The van der Waals surface area contributed by atoms with Crippen molar-refractivity contribution in [3.8, 4) is 5.75 Å². The second kappa shape index (κ2) is 5.87. The smallest absolute Gasteiger partial charge is 0.115 e. The summed E-state index contributed by atoms with van der Waals surface area (Å²) in [5.41, 5.74) is 3.54. The number of phenols is 1. The summed E-state index contributed by atoms with van der Waals surface area (Å²) in [5.74, 6) is 0.291. The number of phenolic OH excluding ortho intramolecular Hbond substituents is 1. The highest BCUT2D eigenvalue weighted by Crippen LogP contribution is 2.16. The zero-order valence-electron chi connectivity index (χ0n) is 10.2. The molecule has 2 aromatic rings. The first-order chi connectivity index (χ1) is 8.79. The van der Waals surface area contributed by atoms with E-state index in [9.17, 15) is 5.11 Å². The topological polar surface area (TPSA) is 20.2 Å². The first-order valence-corrected chi connectivity index (χ1v) is 5.95. The van der Waals surface area contributed by atoms with Gasteiger partial charge in [-0.05, 0) is 35.2 Å². The molecule has 0 aromatic heterocycles. The third-order valence-corrected chi connectivity index (χ3v) is 2.77. The van der Waals surface area contributed by atoms with Gasteiger partial charge in [0, 0.05) is 0 Å². The van der Waals surface area contributed by atoms with E-state index in [2.05, 4.69) is 24.8 Å². The zero-order chi connectivity index (χ0) is 12.8. The lowest BCUT2D eigenvalue weighted by atomic mass is 10.0. The van der Waals surface area contributed by atoms with Crippen molar-refractivity contribution < 1.29 is 5.11 Å². The molecule has 0 aliphatic carbocycles. The Balaban J connectivity index is 2.22. The van der Waals surface area contributed by atoms with Crippen molar-refractivity contribution >= 4 is 12.2 Å². The summed E-state index contributed by atoms with van der Waals surface area (Å²) < 4.78 is 0. The maximum Gasteiger partial charge on any atom is 0.115 e. The van der Waals surface area contributed by atoms with Crippen molar-refractivity contribution in [3.05, 3.63) is 77.9 Å². The molecule has 0 spiro atoms. The maximum absolute atomic E-state index is 9.22. The van der Waals surface area contributed by atoms with Crippen LogP contribution in [0.3, 0.4) is 0 Å². The van der Waals surface area contributed by atoms with Gasteiger partial charge >= 0.3 is 0 Å². The molecule has 0 saturated carbocycles. The van der Waals surface area contributed by atoms with E-state index in [1.165, 1.54) is 11.1 Å². The summed E-state index contributed by atoms with van der Waals surface area (Å²) in [6.45, 7) is 3.77. The molecule has 1 heteroatoms. The van der Waals surface area contributed by atoms with Gasteiger partial charge in [0.05, 0.1) is 0 Å². The second-order valence-corrected chi connectivity index (χ2v) is 4.12. The molecular formula is C17H16O. The molecule has 0 saturated heterocycles. The third kappa shape index (κ3) is 3.11. The number of aromatic hydroxyl groups is 1. The lowest BCUT2D eigenvalue weighted by Crippen LogP contribution is -1.85. The Bertz CT molecular complexity index is 550. The Morgan fingerprint density at radius 2 is 1.67 bits per heavy atom. The van der Waals surface area contributed by atoms with E-state index in [1.807, 2.05) is 36.4 Å². The summed E-state index contributed by atoms with van der Waals surface area (Å²) in [7, 11) is 0. The summed E-state index contributed by atoms with van der Waals surface area (Å²) in [4.78, 5) is 0. The monoisotopic (exact) mass is 236 g/mol. The molecule has 0 fully saturated rings. The van der Waals surface area contributed by atoms with E-state index >= 15 is 0 Å². The van der Waals surface area contributed by atoms with Gasteiger partial charge in [-0.3, -0.25) is 0 Å². The minimum absolute atomic E-state index is 0.291. The van der Waals surface area contributed by atoms with E-state index in [0.29, 0.717) is 5.75 Å². The number of rotatable bonds is 4. The van der Waals surface area contributed by atoms with Gasteiger partial charge < -0.3 is 5.11 Å². The van der Waals surface area contributed by atoms with E-state index in [0.717, 1.165) is 12.0 Å². The minimum Gasteiger partial charge on any atom is -0.508 e. The molecule has 0 amide bonds. The largest absolute Gasteiger partial charge is 0.508 e. The molecule has 0 atom stereocenters. The van der Waals surface area contributed by atoms with Crippen LogP contribution in [-0.2, 0) is 6.42 Å². The van der Waals surface area contributed by atoms with Gasteiger partial charge in [0.1, 0.15) is 5.75 Å². The Kier molecular flexibility index (Phi) is 3.98. The number of allylic oxidation sites excluding steroid dienone is 1. The van der Waals surface area contributed by atoms with Gasteiger partial charge in [-0.1, -0.05) is 54.6 Å². The normalized spacial score (nSPS) is 10.7. The van der Waals surface area contributed by atoms with Gasteiger partial charge in [-0.15, -0.1) is 6.58 Å². The highest BCUT2D eigenvalue weighted by molar-refractivity contribution is 5.71. The first kappa shape index (κ1) is 12.2. The van der Waals surface area contributed by atoms with Crippen LogP contribution in [0, 0.1) is 0 Å². The predicted octanol–water partition coefficient (Wildman–Crippen LogP) is 4.29. The molecule has 90 valence electrons. The molecule has 0 heterocycles. The van der Waals surface area contributed by atoms with Gasteiger partial charge in [0.2, 0.25) is 0 Å².